The molecule has 0 amide bonds. The number of carboxylic acid groups (broad SMARTS) is 1. The molecule has 0 fully saturated rings. The zero-order valence-corrected chi connectivity index (χ0v) is 15.1. The quantitative estimate of drug-likeness (QED) is 0.675. The Morgan fingerprint density at radius 2 is 1.92 bits per heavy atom. The van der Waals surface area contributed by atoms with Gasteiger partial charge in [-0.25, -0.2) is 4.98 Å². The molecule has 4 heteroatoms. The lowest BCUT2D eigenvalue weighted by Crippen LogP contribution is -2.05. The molecular weight excluding hydrogens is 326 g/mol. The number of rotatable bonds is 7. The number of aliphatic carboxylic acids is 1. The molecule has 0 aliphatic rings. The fourth-order valence-corrected chi connectivity index (χ4v) is 3.00. The fourth-order valence-electron chi connectivity index (χ4n) is 3.00. The molecule has 26 heavy (non-hydrogen) atoms. The number of para-hydroxylation sites is 1. The summed E-state index contributed by atoms with van der Waals surface area (Å²) < 4.78 is 6.02. The molecule has 0 saturated carbocycles. The number of aromatic nitrogens is 1. The zero-order valence-electron chi connectivity index (χ0n) is 15.1. The molecule has 0 bridgehead atoms. The number of carboxylic acids is 1. The van der Waals surface area contributed by atoms with E-state index in [0.717, 1.165) is 39.9 Å². The number of nitrogens with zero attached hydrogens (tertiary/aromatic N) is 1. The molecule has 0 radical (unpaired) electrons. The van der Waals surface area contributed by atoms with Gasteiger partial charge >= 0.3 is 5.97 Å². The number of hydrogen-bond acceptors (Lipinski definition) is 3. The Bertz CT molecular complexity index is 918. The Labute approximate surface area is 153 Å². The van der Waals surface area contributed by atoms with E-state index in [1.165, 1.54) is 0 Å². The van der Waals surface area contributed by atoms with Crippen LogP contribution in [0.2, 0.25) is 0 Å². The minimum Gasteiger partial charge on any atom is -0.487 e. The first-order valence-corrected chi connectivity index (χ1v) is 8.82. The van der Waals surface area contributed by atoms with Crippen LogP contribution in [0.25, 0.3) is 10.9 Å². The van der Waals surface area contributed by atoms with E-state index in [1.54, 1.807) is 0 Å². The summed E-state index contributed by atoms with van der Waals surface area (Å²) in [4.78, 5) is 15.6. The van der Waals surface area contributed by atoms with Crippen LogP contribution in [0.1, 0.15) is 30.7 Å². The maximum Gasteiger partial charge on any atom is 0.307 e. The number of hydrogen-bond donors (Lipinski definition) is 1. The molecule has 0 aliphatic carbocycles. The number of carbonyl (C=O) groups is 1. The van der Waals surface area contributed by atoms with Crippen molar-refractivity contribution < 1.29 is 14.6 Å². The summed E-state index contributed by atoms with van der Waals surface area (Å²) in [7, 11) is 0. The first-order chi connectivity index (χ1) is 12.5. The average Bonchev–Trinajstić information content (AvgIpc) is 2.60. The van der Waals surface area contributed by atoms with Crippen LogP contribution < -0.4 is 4.74 Å². The monoisotopic (exact) mass is 349 g/mol. The Morgan fingerprint density at radius 1 is 1.12 bits per heavy atom. The maximum atomic E-state index is 11.0. The standard InChI is InChI=1S/C22H23NO3/c1-15(2)11-18-12-16(13-22(24)25)7-10-21(18)26-14-19-9-8-17-5-3-4-6-20(17)23-19/h3-10,12,15H,11,13-14H2,1-2H3,(H,24,25). The predicted octanol–water partition coefficient (Wildman–Crippen LogP) is 4.64. The highest BCUT2D eigenvalue weighted by molar-refractivity contribution is 5.78. The number of fused-ring (bicyclic) bond motifs is 1. The molecule has 2 aromatic carbocycles. The SMILES string of the molecule is CC(C)Cc1cc(CC(=O)O)ccc1OCc1ccc2ccccc2n1. The first kappa shape index (κ1) is 17.9. The van der Waals surface area contributed by atoms with E-state index in [2.05, 4.69) is 18.8 Å². The van der Waals surface area contributed by atoms with Gasteiger partial charge in [0.2, 0.25) is 0 Å². The summed E-state index contributed by atoms with van der Waals surface area (Å²) in [5.74, 6) is 0.425. The second kappa shape index (κ2) is 8.00. The van der Waals surface area contributed by atoms with E-state index >= 15 is 0 Å². The maximum absolute atomic E-state index is 11.0. The first-order valence-electron chi connectivity index (χ1n) is 8.82. The van der Waals surface area contributed by atoms with Crippen molar-refractivity contribution in [3.63, 3.8) is 0 Å². The molecule has 134 valence electrons. The van der Waals surface area contributed by atoms with E-state index in [1.807, 2.05) is 54.6 Å². The van der Waals surface area contributed by atoms with E-state index < -0.39 is 5.97 Å². The summed E-state index contributed by atoms with van der Waals surface area (Å²) in [6, 6.07) is 17.7. The summed E-state index contributed by atoms with van der Waals surface area (Å²) in [5.41, 5.74) is 3.66. The van der Waals surface area contributed by atoms with Gasteiger partial charge in [0.15, 0.2) is 0 Å². The minimum absolute atomic E-state index is 0.0254. The van der Waals surface area contributed by atoms with Gasteiger partial charge in [0.1, 0.15) is 12.4 Å². The zero-order chi connectivity index (χ0) is 18.5. The van der Waals surface area contributed by atoms with E-state index in [0.29, 0.717) is 12.5 Å². The van der Waals surface area contributed by atoms with Crippen molar-refractivity contribution in [2.24, 2.45) is 5.92 Å². The van der Waals surface area contributed by atoms with Crippen LogP contribution >= 0.6 is 0 Å². The molecule has 0 atom stereocenters. The normalized spacial score (nSPS) is 11.0. The molecule has 0 spiro atoms. The Hall–Kier alpha value is -2.88. The molecule has 3 rings (SSSR count). The van der Waals surface area contributed by atoms with Crippen molar-refractivity contribution in [2.45, 2.75) is 33.3 Å². The van der Waals surface area contributed by atoms with Crippen LogP contribution in [0, 0.1) is 5.92 Å². The van der Waals surface area contributed by atoms with Crippen LogP contribution in [0.3, 0.4) is 0 Å². The number of benzene rings is 2. The molecule has 0 unspecified atom stereocenters. The highest BCUT2D eigenvalue weighted by Gasteiger charge is 2.10. The van der Waals surface area contributed by atoms with Crippen LogP contribution in [0.15, 0.2) is 54.6 Å². The largest absolute Gasteiger partial charge is 0.487 e. The fraction of sp³-hybridized carbons (Fsp3) is 0.273. The smallest absolute Gasteiger partial charge is 0.307 e. The lowest BCUT2D eigenvalue weighted by atomic mass is 9.99. The Kier molecular flexibility index (Phi) is 5.52. The molecule has 1 heterocycles. The molecule has 4 nitrogen and oxygen atoms in total. The van der Waals surface area contributed by atoms with Crippen molar-refractivity contribution in [1.82, 2.24) is 4.98 Å². The summed E-state index contributed by atoms with van der Waals surface area (Å²) in [5, 5.41) is 10.1. The van der Waals surface area contributed by atoms with Crippen LogP contribution in [0.4, 0.5) is 0 Å². The van der Waals surface area contributed by atoms with Gasteiger partial charge < -0.3 is 9.84 Å². The molecule has 0 aliphatic heterocycles. The number of pyridine rings is 1. The summed E-state index contributed by atoms with van der Waals surface area (Å²) >= 11 is 0. The third-order valence-corrected chi connectivity index (χ3v) is 4.14. The topological polar surface area (TPSA) is 59.4 Å². The third-order valence-electron chi connectivity index (χ3n) is 4.14. The van der Waals surface area contributed by atoms with Gasteiger partial charge in [-0.05, 0) is 41.7 Å². The molecular formula is C22H23NO3. The van der Waals surface area contributed by atoms with Crippen molar-refractivity contribution in [3.8, 4) is 5.75 Å². The van der Waals surface area contributed by atoms with Crippen LogP contribution in [0.5, 0.6) is 5.75 Å². The van der Waals surface area contributed by atoms with E-state index in [-0.39, 0.29) is 6.42 Å². The molecule has 0 saturated heterocycles. The van der Waals surface area contributed by atoms with Gasteiger partial charge in [0.25, 0.3) is 0 Å². The minimum atomic E-state index is -0.825. The lowest BCUT2D eigenvalue weighted by molar-refractivity contribution is -0.136. The van der Waals surface area contributed by atoms with Crippen molar-refractivity contribution in [2.75, 3.05) is 0 Å². The molecule has 1 N–H and O–H groups in total. The van der Waals surface area contributed by atoms with Gasteiger partial charge in [0.05, 0.1) is 17.6 Å². The predicted molar refractivity (Wildman–Crippen MR) is 102 cm³/mol. The van der Waals surface area contributed by atoms with E-state index in [9.17, 15) is 4.79 Å². The summed E-state index contributed by atoms with van der Waals surface area (Å²) in [6.45, 7) is 4.66. The molecule has 1 aromatic heterocycles. The van der Waals surface area contributed by atoms with Gasteiger partial charge in [-0.15, -0.1) is 0 Å². The van der Waals surface area contributed by atoms with Crippen molar-refractivity contribution in [3.05, 3.63) is 71.4 Å². The average molecular weight is 349 g/mol. The highest BCUT2D eigenvalue weighted by Crippen LogP contribution is 2.25. The van der Waals surface area contributed by atoms with Gasteiger partial charge in [-0.2, -0.15) is 0 Å². The van der Waals surface area contributed by atoms with Crippen molar-refractivity contribution >= 4 is 16.9 Å². The lowest BCUT2D eigenvalue weighted by Gasteiger charge is -2.14. The summed E-state index contributed by atoms with van der Waals surface area (Å²) in [6.07, 6.45) is 0.867. The van der Waals surface area contributed by atoms with Crippen LogP contribution in [-0.4, -0.2) is 16.1 Å². The van der Waals surface area contributed by atoms with Gasteiger partial charge in [0, 0.05) is 5.39 Å². The molecule has 3 aromatic rings. The Balaban J connectivity index is 1.79. The van der Waals surface area contributed by atoms with Crippen molar-refractivity contribution in [1.29, 1.82) is 0 Å². The van der Waals surface area contributed by atoms with Gasteiger partial charge in [-0.3, -0.25) is 4.79 Å². The second-order valence-corrected chi connectivity index (χ2v) is 6.89. The number of ether oxygens (including phenoxy) is 1. The highest BCUT2D eigenvalue weighted by atomic mass is 16.5. The van der Waals surface area contributed by atoms with E-state index in [4.69, 9.17) is 9.84 Å². The van der Waals surface area contributed by atoms with Gasteiger partial charge in [-0.1, -0.05) is 50.2 Å². The second-order valence-electron chi connectivity index (χ2n) is 6.89. The van der Waals surface area contributed by atoms with Crippen LogP contribution in [-0.2, 0) is 24.2 Å². The Morgan fingerprint density at radius 3 is 2.69 bits per heavy atom. The third kappa shape index (κ3) is 4.60.